The van der Waals surface area contributed by atoms with E-state index in [-0.39, 0.29) is 0 Å². The summed E-state index contributed by atoms with van der Waals surface area (Å²) < 4.78 is 0. The van der Waals surface area contributed by atoms with Crippen molar-refractivity contribution in [1.82, 2.24) is 0 Å². The predicted molar refractivity (Wildman–Crippen MR) is 77.1 cm³/mol. The van der Waals surface area contributed by atoms with E-state index in [4.69, 9.17) is 5.73 Å². The van der Waals surface area contributed by atoms with E-state index in [9.17, 15) is 0 Å². The van der Waals surface area contributed by atoms with Gasteiger partial charge in [0.1, 0.15) is 0 Å². The molecule has 2 nitrogen and oxygen atoms in total. The van der Waals surface area contributed by atoms with Crippen LogP contribution in [0.15, 0.2) is 18.2 Å². The molecule has 1 heterocycles. The maximum Gasteiger partial charge on any atom is 0.0401 e. The van der Waals surface area contributed by atoms with Crippen LogP contribution in [0.1, 0.15) is 43.2 Å². The lowest BCUT2D eigenvalue weighted by molar-refractivity contribution is 0.368. The van der Waals surface area contributed by atoms with E-state index in [1.54, 1.807) is 5.56 Å². The fourth-order valence-corrected chi connectivity index (χ4v) is 3.62. The van der Waals surface area contributed by atoms with Crippen LogP contribution in [0.5, 0.6) is 0 Å². The van der Waals surface area contributed by atoms with Gasteiger partial charge >= 0.3 is 0 Å². The molecular formula is C16H24N2. The van der Waals surface area contributed by atoms with Gasteiger partial charge in [-0.3, -0.25) is 0 Å². The van der Waals surface area contributed by atoms with Crippen LogP contribution in [-0.4, -0.2) is 18.6 Å². The third kappa shape index (κ3) is 2.26. The number of rotatable bonds is 1. The smallest absolute Gasteiger partial charge is 0.0401 e. The molecule has 98 valence electrons. The number of aryl methyl sites for hydroxylation is 2. The van der Waals surface area contributed by atoms with Crippen molar-refractivity contribution in [2.24, 2.45) is 5.73 Å². The van der Waals surface area contributed by atoms with Gasteiger partial charge in [0.15, 0.2) is 0 Å². The molecule has 2 N–H and O–H groups in total. The average Bonchev–Trinajstić information content (AvgIpc) is 2.37. The van der Waals surface area contributed by atoms with Gasteiger partial charge in [0.05, 0.1) is 0 Å². The van der Waals surface area contributed by atoms with E-state index in [1.807, 2.05) is 0 Å². The van der Waals surface area contributed by atoms with E-state index in [2.05, 4.69) is 30.0 Å². The summed E-state index contributed by atoms with van der Waals surface area (Å²) in [6, 6.07) is 8.03. The zero-order valence-electron chi connectivity index (χ0n) is 11.4. The number of hydrogen-bond donors (Lipinski definition) is 1. The summed E-state index contributed by atoms with van der Waals surface area (Å²) in [5, 5.41) is 0. The van der Waals surface area contributed by atoms with Gasteiger partial charge in [-0.15, -0.1) is 0 Å². The second kappa shape index (κ2) is 4.93. The number of nitrogens with zero attached hydrogens (tertiary/aromatic N) is 1. The molecule has 0 aromatic heterocycles. The fourth-order valence-electron chi connectivity index (χ4n) is 3.62. The van der Waals surface area contributed by atoms with Crippen LogP contribution >= 0.6 is 0 Å². The quantitative estimate of drug-likeness (QED) is 0.823. The van der Waals surface area contributed by atoms with Crippen LogP contribution in [0.3, 0.4) is 0 Å². The largest absolute Gasteiger partial charge is 0.368 e. The van der Waals surface area contributed by atoms with E-state index in [1.165, 1.54) is 56.3 Å². The molecule has 1 saturated carbocycles. The van der Waals surface area contributed by atoms with Gasteiger partial charge in [-0.05, 0) is 57.1 Å². The minimum Gasteiger partial charge on any atom is -0.368 e. The molecular weight excluding hydrogens is 220 g/mol. The monoisotopic (exact) mass is 244 g/mol. The van der Waals surface area contributed by atoms with Crippen LogP contribution < -0.4 is 10.6 Å². The first-order chi connectivity index (χ1) is 8.74. The maximum absolute atomic E-state index is 6.15. The second-order valence-electron chi connectivity index (χ2n) is 6.01. The van der Waals surface area contributed by atoms with Crippen LogP contribution in [0.2, 0.25) is 0 Å². The highest BCUT2D eigenvalue weighted by Gasteiger charge is 2.28. The zero-order chi connectivity index (χ0) is 12.5. The molecule has 0 saturated heterocycles. The fraction of sp³-hybridized carbons (Fsp3) is 0.625. The third-order valence-electron chi connectivity index (χ3n) is 4.52. The van der Waals surface area contributed by atoms with Gasteiger partial charge < -0.3 is 10.6 Å². The second-order valence-corrected chi connectivity index (χ2v) is 6.01. The van der Waals surface area contributed by atoms with E-state index in [0.717, 1.165) is 0 Å². The number of anilines is 1. The van der Waals surface area contributed by atoms with Crippen molar-refractivity contribution in [3.8, 4) is 0 Å². The van der Waals surface area contributed by atoms with Gasteiger partial charge in [-0.25, -0.2) is 0 Å². The Morgan fingerprint density at radius 3 is 2.94 bits per heavy atom. The molecule has 3 rings (SSSR count). The summed E-state index contributed by atoms with van der Waals surface area (Å²) in [5.41, 5.74) is 10.6. The SMILES string of the molecule is Cc1ccc2c(c1)CCCN2C1CCCC(N)C1. The summed E-state index contributed by atoms with van der Waals surface area (Å²) >= 11 is 0. The van der Waals surface area contributed by atoms with Crippen LogP contribution in [-0.2, 0) is 6.42 Å². The summed E-state index contributed by atoms with van der Waals surface area (Å²) in [6.45, 7) is 3.41. The predicted octanol–water partition coefficient (Wildman–Crippen LogP) is 3.02. The van der Waals surface area contributed by atoms with E-state index in [0.29, 0.717) is 12.1 Å². The van der Waals surface area contributed by atoms with Crippen molar-refractivity contribution >= 4 is 5.69 Å². The highest BCUT2D eigenvalue weighted by atomic mass is 15.2. The lowest BCUT2D eigenvalue weighted by atomic mass is 9.88. The Hall–Kier alpha value is -1.02. The molecule has 1 fully saturated rings. The summed E-state index contributed by atoms with van der Waals surface area (Å²) in [4.78, 5) is 2.64. The number of hydrogen-bond acceptors (Lipinski definition) is 2. The number of benzene rings is 1. The van der Waals surface area contributed by atoms with Gasteiger partial charge in [0.2, 0.25) is 0 Å². The van der Waals surface area contributed by atoms with E-state index < -0.39 is 0 Å². The van der Waals surface area contributed by atoms with Crippen LogP contribution in [0, 0.1) is 6.92 Å². The first-order valence-electron chi connectivity index (χ1n) is 7.36. The minimum atomic E-state index is 0.416. The van der Waals surface area contributed by atoms with Crippen molar-refractivity contribution in [1.29, 1.82) is 0 Å². The standard InChI is InChI=1S/C16H24N2/c1-12-7-8-16-13(10-12)4-3-9-18(16)15-6-2-5-14(17)11-15/h7-8,10,14-15H,2-6,9,11,17H2,1H3. The van der Waals surface area contributed by atoms with Gasteiger partial charge in [0.25, 0.3) is 0 Å². The highest BCUT2D eigenvalue weighted by Crippen LogP contribution is 2.33. The van der Waals surface area contributed by atoms with Crippen molar-refractivity contribution in [3.63, 3.8) is 0 Å². The summed E-state index contributed by atoms with van der Waals surface area (Å²) in [7, 11) is 0. The molecule has 1 aromatic carbocycles. The molecule has 0 spiro atoms. The summed E-state index contributed by atoms with van der Waals surface area (Å²) in [6.07, 6.45) is 7.54. The van der Waals surface area contributed by atoms with Gasteiger partial charge in [-0.1, -0.05) is 17.7 Å². The van der Waals surface area contributed by atoms with Crippen LogP contribution in [0.4, 0.5) is 5.69 Å². The minimum absolute atomic E-state index is 0.416. The topological polar surface area (TPSA) is 29.3 Å². The highest BCUT2D eigenvalue weighted by molar-refractivity contribution is 5.57. The molecule has 2 atom stereocenters. The van der Waals surface area contributed by atoms with Gasteiger partial charge in [0, 0.05) is 24.3 Å². The first kappa shape index (κ1) is 12.0. The molecule has 0 bridgehead atoms. The number of nitrogens with two attached hydrogens (primary N) is 1. The zero-order valence-corrected chi connectivity index (χ0v) is 11.4. The normalized spacial score (nSPS) is 28.0. The van der Waals surface area contributed by atoms with E-state index >= 15 is 0 Å². The molecule has 2 unspecified atom stereocenters. The Labute approximate surface area is 110 Å². The molecule has 1 aliphatic carbocycles. The Balaban J connectivity index is 1.86. The Morgan fingerprint density at radius 1 is 1.22 bits per heavy atom. The van der Waals surface area contributed by atoms with Crippen molar-refractivity contribution < 1.29 is 0 Å². The van der Waals surface area contributed by atoms with Gasteiger partial charge in [-0.2, -0.15) is 0 Å². The lowest BCUT2D eigenvalue weighted by Gasteiger charge is -2.41. The molecule has 1 aliphatic heterocycles. The third-order valence-corrected chi connectivity index (χ3v) is 4.52. The van der Waals surface area contributed by atoms with Crippen molar-refractivity contribution in [2.45, 2.75) is 57.5 Å². The molecule has 1 aromatic rings. The first-order valence-corrected chi connectivity index (χ1v) is 7.36. The molecule has 2 heteroatoms. The number of fused-ring (bicyclic) bond motifs is 1. The molecule has 18 heavy (non-hydrogen) atoms. The van der Waals surface area contributed by atoms with Crippen LogP contribution in [0.25, 0.3) is 0 Å². The van der Waals surface area contributed by atoms with Crippen molar-refractivity contribution in [3.05, 3.63) is 29.3 Å². The molecule has 2 aliphatic rings. The Kier molecular flexibility index (Phi) is 3.29. The Morgan fingerprint density at radius 2 is 2.11 bits per heavy atom. The maximum atomic E-state index is 6.15. The summed E-state index contributed by atoms with van der Waals surface area (Å²) in [5.74, 6) is 0. The lowest BCUT2D eigenvalue weighted by Crippen LogP contribution is -2.44. The molecule has 0 amide bonds. The Bertz CT molecular complexity index is 427. The molecule has 0 radical (unpaired) electrons. The van der Waals surface area contributed by atoms with Crippen molar-refractivity contribution in [2.75, 3.05) is 11.4 Å². The average molecular weight is 244 g/mol.